The number of fused-ring (bicyclic) bond motifs is 2. The van der Waals surface area contributed by atoms with Crippen LogP contribution in [-0.2, 0) is 25.0 Å². The maximum atomic E-state index is 13.3. The summed E-state index contributed by atoms with van der Waals surface area (Å²) in [5, 5.41) is 4.25. The first kappa shape index (κ1) is 24.6. The number of aryl methyl sites for hydroxylation is 1. The molecule has 4 aromatic carbocycles. The van der Waals surface area contributed by atoms with Crippen molar-refractivity contribution in [3.8, 4) is 17.2 Å². The number of carbonyl (C=O) groups excluding carboxylic acids is 1. The van der Waals surface area contributed by atoms with Gasteiger partial charge in [0, 0.05) is 43.0 Å². The summed E-state index contributed by atoms with van der Waals surface area (Å²) in [4.78, 5) is 13.3. The zero-order valence-electron chi connectivity index (χ0n) is 21.8. The number of amides is 1. The van der Waals surface area contributed by atoms with Gasteiger partial charge in [0.25, 0.3) is 0 Å². The van der Waals surface area contributed by atoms with E-state index >= 15 is 0 Å². The van der Waals surface area contributed by atoms with Gasteiger partial charge in [-0.3, -0.25) is 4.79 Å². The van der Waals surface area contributed by atoms with Crippen LogP contribution in [0.15, 0.2) is 103 Å². The van der Waals surface area contributed by atoms with Crippen LogP contribution in [0, 0.1) is 0 Å². The van der Waals surface area contributed by atoms with Gasteiger partial charge in [0.05, 0.1) is 0 Å². The lowest BCUT2D eigenvalue weighted by Gasteiger charge is -2.18. The minimum atomic E-state index is -0.145. The molecule has 1 unspecified atom stereocenters. The summed E-state index contributed by atoms with van der Waals surface area (Å²) < 4.78 is 19.1. The summed E-state index contributed by atoms with van der Waals surface area (Å²) in [5.74, 6) is 2.05. The van der Waals surface area contributed by atoms with E-state index in [1.165, 1.54) is 0 Å². The van der Waals surface area contributed by atoms with Gasteiger partial charge in [0.1, 0.15) is 12.4 Å². The second-order valence-corrected chi connectivity index (χ2v) is 9.78. The summed E-state index contributed by atoms with van der Waals surface area (Å²) in [6.07, 6.45) is 2.44. The number of nitrogens with zero attached hydrogens (tertiary/aromatic N) is 1. The largest absolute Gasteiger partial charge is 0.489 e. The smallest absolute Gasteiger partial charge is 0.231 e. The van der Waals surface area contributed by atoms with E-state index in [0.717, 1.165) is 44.7 Å². The van der Waals surface area contributed by atoms with Gasteiger partial charge < -0.3 is 24.1 Å². The van der Waals surface area contributed by atoms with Gasteiger partial charge in [-0.15, -0.1) is 0 Å². The van der Waals surface area contributed by atoms with E-state index < -0.39 is 0 Å². The molecule has 1 N–H and O–H groups in total. The fourth-order valence-electron chi connectivity index (χ4n) is 5.13. The monoisotopic (exact) mass is 518 g/mol. The molecule has 5 aromatic rings. The van der Waals surface area contributed by atoms with Gasteiger partial charge in [-0.2, -0.15) is 0 Å². The van der Waals surface area contributed by atoms with Crippen molar-refractivity contribution in [2.24, 2.45) is 7.05 Å². The molecule has 6 nitrogen and oxygen atoms in total. The fourth-order valence-corrected chi connectivity index (χ4v) is 5.13. The average molecular weight is 519 g/mol. The maximum absolute atomic E-state index is 13.3. The molecule has 0 saturated carbocycles. The number of rotatable bonds is 9. The number of ether oxygens (including phenoxy) is 3. The molecule has 1 amide bonds. The minimum absolute atomic E-state index is 0.0267. The van der Waals surface area contributed by atoms with Crippen molar-refractivity contribution >= 4 is 16.8 Å². The normalized spacial score (nSPS) is 12.8. The topological polar surface area (TPSA) is 61.7 Å². The summed E-state index contributed by atoms with van der Waals surface area (Å²) in [6.45, 7) is 1.13. The van der Waals surface area contributed by atoms with Gasteiger partial charge >= 0.3 is 0 Å². The Kier molecular flexibility index (Phi) is 6.91. The Morgan fingerprint density at radius 1 is 0.897 bits per heavy atom. The van der Waals surface area contributed by atoms with Crippen LogP contribution in [0.3, 0.4) is 0 Å². The van der Waals surface area contributed by atoms with Crippen LogP contribution in [-0.4, -0.2) is 17.3 Å². The van der Waals surface area contributed by atoms with Crippen LogP contribution in [0.25, 0.3) is 10.9 Å². The van der Waals surface area contributed by atoms with Crippen molar-refractivity contribution in [2.75, 3.05) is 6.79 Å². The molecule has 0 spiro atoms. The first-order valence-electron chi connectivity index (χ1n) is 13.1. The highest BCUT2D eigenvalue weighted by Gasteiger charge is 2.23. The molecule has 6 rings (SSSR count). The Balaban J connectivity index is 1.25. The van der Waals surface area contributed by atoms with Gasteiger partial charge in [-0.05, 0) is 52.6 Å². The number of carbonyl (C=O) groups is 1. The third-order valence-corrected chi connectivity index (χ3v) is 7.13. The van der Waals surface area contributed by atoms with E-state index in [4.69, 9.17) is 14.2 Å². The number of nitrogens with one attached hydrogen (secondary N) is 1. The quantitative estimate of drug-likeness (QED) is 0.248. The molecule has 196 valence electrons. The zero-order valence-corrected chi connectivity index (χ0v) is 21.8. The summed E-state index contributed by atoms with van der Waals surface area (Å²) in [7, 11) is 2.04. The lowest BCUT2D eigenvalue weighted by Crippen LogP contribution is -2.25. The molecule has 6 heteroatoms. The highest BCUT2D eigenvalue weighted by atomic mass is 16.7. The molecular formula is C33H30N2O4. The Labute approximate surface area is 227 Å². The molecule has 1 aromatic heterocycles. The van der Waals surface area contributed by atoms with E-state index in [0.29, 0.717) is 25.3 Å². The van der Waals surface area contributed by atoms with Crippen LogP contribution in [0.1, 0.15) is 34.6 Å². The molecule has 1 aliphatic heterocycles. The van der Waals surface area contributed by atoms with E-state index in [2.05, 4.69) is 40.3 Å². The molecule has 2 heterocycles. The first-order chi connectivity index (χ1) is 19.1. The number of aromatic nitrogens is 1. The van der Waals surface area contributed by atoms with Gasteiger partial charge in [0.15, 0.2) is 11.5 Å². The van der Waals surface area contributed by atoms with E-state index in [1.807, 2.05) is 79.8 Å². The molecule has 0 radical (unpaired) electrons. The predicted molar refractivity (Wildman–Crippen MR) is 151 cm³/mol. The molecule has 39 heavy (non-hydrogen) atoms. The van der Waals surface area contributed by atoms with Crippen LogP contribution < -0.4 is 19.5 Å². The van der Waals surface area contributed by atoms with Crippen molar-refractivity contribution in [3.05, 3.63) is 126 Å². The summed E-state index contributed by atoms with van der Waals surface area (Å²) >= 11 is 0. The first-order valence-corrected chi connectivity index (χ1v) is 13.1. The van der Waals surface area contributed by atoms with Crippen molar-refractivity contribution in [1.82, 2.24) is 9.88 Å². The summed E-state index contributed by atoms with van der Waals surface area (Å²) in [6, 6.07) is 32.3. The van der Waals surface area contributed by atoms with Crippen LogP contribution in [0.2, 0.25) is 0 Å². The average Bonchev–Trinajstić information content (AvgIpc) is 3.58. The molecule has 0 aliphatic carbocycles. The van der Waals surface area contributed by atoms with Crippen LogP contribution in [0.5, 0.6) is 17.2 Å². The van der Waals surface area contributed by atoms with E-state index in [9.17, 15) is 4.79 Å². The lowest BCUT2D eigenvalue weighted by molar-refractivity contribution is -0.121. The molecule has 1 aliphatic rings. The number of para-hydroxylation sites is 1. The second kappa shape index (κ2) is 11.0. The summed E-state index contributed by atoms with van der Waals surface area (Å²) in [5.41, 5.74) is 5.36. The molecule has 1 atom stereocenters. The van der Waals surface area contributed by atoms with Crippen molar-refractivity contribution in [3.63, 3.8) is 0 Å². The Hall–Kier alpha value is -4.71. The van der Waals surface area contributed by atoms with Crippen LogP contribution in [0.4, 0.5) is 0 Å². The number of hydrogen-bond donors (Lipinski definition) is 1. The van der Waals surface area contributed by atoms with Crippen molar-refractivity contribution in [2.45, 2.75) is 25.5 Å². The standard InChI is InChI=1S/C33H30N2O4/c1-35-20-29(27-12-5-6-13-30(27)35)28(18-33(36)34-19-24-14-15-31-32(16-24)39-22-38-31)25-10-7-11-26(17-25)37-21-23-8-3-2-4-9-23/h2-17,20,28H,18-19,21-22H2,1H3,(H,34,36). The Morgan fingerprint density at radius 3 is 2.62 bits per heavy atom. The Bertz CT molecular complexity index is 1610. The van der Waals surface area contributed by atoms with E-state index in [1.54, 1.807) is 0 Å². The maximum Gasteiger partial charge on any atom is 0.231 e. The third-order valence-electron chi connectivity index (χ3n) is 7.13. The minimum Gasteiger partial charge on any atom is -0.489 e. The van der Waals surface area contributed by atoms with Gasteiger partial charge in [-0.1, -0.05) is 66.7 Å². The predicted octanol–water partition coefficient (Wildman–Crippen LogP) is 6.32. The molecular weight excluding hydrogens is 488 g/mol. The second-order valence-electron chi connectivity index (χ2n) is 9.78. The van der Waals surface area contributed by atoms with E-state index in [-0.39, 0.29) is 18.6 Å². The van der Waals surface area contributed by atoms with Crippen molar-refractivity contribution in [1.29, 1.82) is 0 Å². The van der Waals surface area contributed by atoms with Crippen LogP contribution >= 0.6 is 0 Å². The molecule has 0 bridgehead atoms. The molecule has 0 fully saturated rings. The molecule has 0 saturated heterocycles. The third kappa shape index (κ3) is 5.46. The zero-order chi connectivity index (χ0) is 26.6. The lowest BCUT2D eigenvalue weighted by atomic mass is 9.88. The Morgan fingerprint density at radius 2 is 1.72 bits per heavy atom. The van der Waals surface area contributed by atoms with Gasteiger partial charge in [0.2, 0.25) is 12.7 Å². The van der Waals surface area contributed by atoms with Crippen molar-refractivity contribution < 1.29 is 19.0 Å². The van der Waals surface area contributed by atoms with Gasteiger partial charge in [-0.25, -0.2) is 0 Å². The SMILES string of the molecule is Cn1cc(C(CC(=O)NCc2ccc3c(c2)OCO3)c2cccc(OCc3ccccc3)c2)c2ccccc21. The number of benzene rings is 4. The highest BCUT2D eigenvalue weighted by molar-refractivity contribution is 5.86. The fraction of sp³-hybridized carbons (Fsp3) is 0.182. The number of hydrogen-bond acceptors (Lipinski definition) is 4. The highest BCUT2D eigenvalue weighted by Crippen LogP contribution is 2.36.